The van der Waals surface area contributed by atoms with Gasteiger partial charge in [-0.05, 0) is 69.0 Å². The van der Waals surface area contributed by atoms with Crippen LogP contribution in [0, 0.1) is 6.92 Å². The predicted molar refractivity (Wildman–Crippen MR) is 106 cm³/mol. The summed E-state index contributed by atoms with van der Waals surface area (Å²) in [5.74, 6) is 0.555. The van der Waals surface area contributed by atoms with Crippen LogP contribution in [0.5, 0.6) is 17.2 Å². The second-order valence-electron chi connectivity index (χ2n) is 6.19. The summed E-state index contributed by atoms with van der Waals surface area (Å²) in [5.41, 5.74) is 1.30. The fraction of sp³-hybridized carbons (Fsp3) is 0.211. The molecule has 0 atom stereocenters. The lowest BCUT2D eigenvalue weighted by Crippen LogP contribution is -1.98. The summed E-state index contributed by atoms with van der Waals surface area (Å²) < 4.78 is 12.7. The monoisotopic (exact) mass is 482 g/mol. The number of rotatable bonds is 4. The van der Waals surface area contributed by atoms with Crippen molar-refractivity contribution in [1.82, 2.24) is 0 Å². The maximum Gasteiger partial charge on any atom is 0.339 e. The van der Waals surface area contributed by atoms with Gasteiger partial charge in [-0.15, -0.1) is 0 Å². The highest BCUT2D eigenvalue weighted by molar-refractivity contribution is 9.11. The van der Waals surface area contributed by atoms with E-state index in [0.29, 0.717) is 37.2 Å². The largest absolute Gasteiger partial charge is 0.508 e. The summed E-state index contributed by atoms with van der Waals surface area (Å²) in [6, 6.07) is 6.68. The van der Waals surface area contributed by atoms with Crippen LogP contribution in [0.3, 0.4) is 0 Å². The van der Waals surface area contributed by atoms with Crippen molar-refractivity contribution in [2.45, 2.75) is 26.7 Å². The Morgan fingerprint density at radius 1 is 1.23 bits per heavy atom. The number of fused-ring (bicyclic) bond motifs is 1. The zero-order chi connectivity index (χ0) is 19.2. The van der Waals surface area contributed by atoms with Crippen LogP contribution in [-0.2, 0) is 0 Å². The molecule has 0 saturated heterocycles. The Bertz CT molecular complexity index is 1020. The third kappa shape index (κ3) is 3.21. The molecule has 1 heterocycles. The zero-order valence-corrected chi connectivity index (χ0v) is 17.4. The van der Waals surface area contributed by atoms with Crippen LogP contribution in [0.25, 0.3) is 11.0 Å². The Morgan fingerprint density at radius 3 is 2.54 bits per heavy atom. The van der Waals surface area contributed by atoms with E-state index in [2.05, 4.69) is 31.9 Å². The predicted octanol–water partition coefficient (Wildman–Crippen LogP) is 6.59. The number of halogens is 2. The number of carboxylic acid groups (broad SMARTS) is 1. The Balaban J connectivity index is 2.15. The van der Waals surface area contributed by atoms with Crippen molar-refractivity contribution in [2.24, 2.45) is 0 Å². The molecule has 0 aliphatic carbocycles. The number of hydrogen-bond acceptors (Lipinski definition) is 4. The molecule has 0 aliphatic rings. The molecule has 0 aliphatic heterocycles. The molecule has 3 aromatic rings. The quantitative estimate of drug-likeness (QED) is 0.437. The number of aromatic hydroxyl groups is 1. The first-order chi connectivity index (χ1) is 12.2. The molecule has 0 fully saturated rings. The van der Waals surface area contributed by atoms with Gasteiger partial charge in [-0.2, -0.15) is 0 Å². The van der Waals surface area contributed by atoms with E-state index in [1.165, 1.54) is 0 Å². The third-order valence-corrected chi connectivity index (χ3v) is 5.41. The summed E-state index contributed by atoms with van der Waals surface area (Å²) in [7, 11) is 0. The minimum atomic E-state index is -1.07. The average Bonchev–Trinajstić information content (AvgIpc) is 2.88. The Kier molecular flexibility index (Phi) is 5.03. The summed E-state index contributed by atoms with van der Waals surface area (Å²) in [6.45, 7) is 5.56. The van der Waals surface area contributed by atoms with Crippen molar-refractivity contribution in [3.05, 3.63) is 50.1 Å². The molecule has 2 N–H and O–H groups in total. The molecular formula is C19H16Br2O5. The maximum atomic E-state index is 11.6. The number of hydrogen-bond donors (Lipinski definition) is 2. The molecule has 0 saturated carbocycles. The highest BCUT2D eigenvalue weighted by atomic mass is 79.9. The summed E-state index contributed by atoms with van der Waals surface area (Å²) in [4.78, 5) is 11.6. The second kappa shape index (κ2) is 6.96. The SMILES string of the molecule is Cc1oc2cc(Br)c(Oc3ccc(O)c(C(C)C)c3)c(Br)c2c1C(=O)O. The Labute approximate surface area is 166 Å². The molecule has 1 aromatic heterocycles. The van der Waals surface area contributed by atoms with Gasteiger partial charge in [0.15, 0.2) is 5.75 Å². The van der Waals surface area contributed by atoms with Gasteiger partial charge in [0.1, 0.15) is 28.4 Å². The number of phenolic OH excluding ortho intramolecular Hbond substituents is 1. The fourth-order valence-corrected chi connectivity index (χ4v) is 4.25. The van der Waals surface area contributed by atoms with Gasteiger partial charge in [0.2, 0.25) is 0 Å². The molecule has 136 valence electrons. The van der Waals surface area contributed by atoms with Crippen molar-refractivity contribution >= 4 is 48.8 Å². The number of aryl methyl sites for hydroxylation is 1. The molecule has 0 spiro atoms. The molecule has 3 rings (SSSR count). The van der Waals surface area contributed by atoms with Crippen molar-refractivity contribution in [2.75, 3.05) is 0 Å². The van der Waals surface area contributed by atoms with E-state index in [9.17, 15) is 15.0 Å². The standard InChI is InChI=1S/C19H16Br2O5/c1-8(2)11-6-10(4-5-13(11)22)26-18-12(20)7-14-16(17(18)21)15(19(23)24)9(3)25-14/h4-8,22H,1-3H3,(H,23,24). The van der Waals surface area contributed by atoms with Gasteiger partial charge in [0.25, 0.3) is 0 Å². The minimum Gasteiger partial charge on any atom is -0.508 e. The number of ether oxygens (including phenoxy) is 1. The van der Waals surface area contributed by atoms with Crippen molar-refractivity contribution in [1.29, 1.82) is 0 Å². The van der Waals surface area contributed by atoms with E-state index < -0.39 is 5.97 Å². The lowest BCUT2D eigenvalue weighted by atomic mass is 10.0. The Morgan fingerprint density at radius 2 is 1.92 bits per heavy atom. The summed E-state index contributed by atoms with van der Waals surface area (Å²) in [6.07, 6.45) is 0. The van der Waals surface area contributed by atoms with Crippen molar-refractivity contribution < 1.29 is 24.2 Å². The van der Waals surface area contributed by atoms with Crippen LogP contribution < -0.4 is 4.74 Å². The van der Waals surface area contributed by atoms with Gasteiger partial charge in [-0.3, -0.25) is 0 Å². The van der Waals surface area contributed by atoms with Gasteiger partial charge >= 0.3 is 5.97 Å². The molecule has 0 unspecified atom stereocenters. The summed E-state index contributed by atoms with van der Waals surface area (Å²) >= 11 is 6.90. The molecule has 5 nitrogen and oxygen atoms in total. The van der Waals surface area contributed by atoms with E-state index >= 15 is 0 Å². The molecule has 0 amide bonds. The van der Waals surface area contributed by atoms with Crippen LogP contribution in [0.1, 0.15) is 41.4 Å². The lowest BCUT2D eigenvalue weighted by molar-refractivity contribution is 0.0697. The van der Waals surface area contributed by atoms with E-state index in [0.717, 1.165) is 5.56 Å². The van der Waals surface area contributed by atoms with Crippen LogP contribution in [0.2, 0.25) is 0 Å². The third-order valence-electron chi connectivity index (χ3n) is 4.06. The van der Waals surface area contributed by atoms with E-state index in [1.807, 2.05) is 13.8 Å². The van der Waals surface area contributed by atoms with Crippen LogP contribution >= 0.6 is 31.9 Å². The molecular weight excluding hydrogens is 468 g/mol. The average molecular weight is 484 g/mol. The molecule has 0 radical (unpaired) electrons. The smallest absolute Gasteiger partial charge is 0.339 e. The number of benzene rings is 2. The molecule has 7 heteroatoms. The van der Waals surface area contributed by atoms with Gasteiger partial charge in [0, 0.05) is 5.56 Å². The van der Waals surface area contributed by atoms with Crippen LogP contribution in [0.4, 0.5) is 0 Å². The van der Waals surface area contributed by atoms with Crippen molar-refractivity contribution in [3.63, 3.8) is 0 Å². The number of furan rings is 1. The summed E-state index contributed by atoms with van der Waals surface area (Å²) in [5, 5.41) is 19.9. The van der Waals surface area contributed by atoms with Gasteiger partial charge < -0.3 is 19.4 Å². The second-order valence-corrected chi connectivity index (χ2v) is 7.84. The number of phenols is 1. The lowest BCUT2D eigenvalue weighted by Gasteiger charge is -2.14. The number of carboxylic acids is 1. The zero-order valence-electron chi connectivity index (χ0n) is 14.3. The van der Waals surface area contributed by atoms with E-state index in [-0.39, 0.29) is 17.2 Å². The van der Waals surface area contributed by atoms with Crippen LogP contribution in [-0.4, -0.2) is 16.2 Å². The number of aromatic carboxylic acids is 1. The highest BCUT2D eigenvalue weighted by Crippen LogP contribution is 2.45. The molecule has 26 heavy (non-hydrogen) atoms. The first-order valence-electron chi connectivity index (χ1n) is 7.85. The van der Waals surface area contributed by atoms with Gasteiger partial charge in [-0.25, -0.2) is 4.79 Å². The first-order valence-corrected chi connectivity index (χ1v) is 9.44. The fourth-order valence-electron chi connectivity index (χ4n) is 2.81. The maximum absolute atomic E-state index is 11.6. The topological polar surface area (TPSA) is 79.9 Å². The Hall–Kier alpha value is -1.99. The normalized spacial score (nSPS) is 11.3. The molecule has 2 aromatic carbocycles. The van der Waals surface area contributed by atoms with Crippen LogP contribution in [0.15, 0.2) is 37.6 Å². The first kappa shape index (κ1) is 18.8. The van der Waals surface area contributed by atoms with E-state index in [1.54, 1.807) is 31.2 Å². The van der Waals surface area contributed by atoms with Gasteiger partial charge in [0.05, 0.1) is 14.3 Å². The van der Waals surface area contributed by atoms with E-state index in [4.69, 9.17) is 9.15 Å². The number of carbonyl (C=O) groups is 1. The van der Waals surface area contributed by atoms with Crippen molar-refractivity contribution in [3.8, 4) is 17.2 Å². The highest BCUT2D eigenvalue weighted by Gasteiger charge is 2.24. The minimum absolute atomic E-state index is 0.0952. The van der Waals surface area contributed by atoms with Gasteiger partial charge in [-0.1, -0.05) is 13.8 Å². The molecule has 0 bridgehead atoms.